The fourth-order valence-corrected chi connectivity index (χ4v) is 3.01. The minimum absolute atomic E-state index is 0.226. The summed E-state index contributed by atoms with van der Waals surface area (Å²) in [7, 11) is 0. The molecule has 0 radical (unpaired) electrons. The maximum atomic E-state index is 11.9. The summed E-state index contributed by atoms with van der Waals surface area (Å²) >= 11 is 1.42. The van der Waals surface area contributed by atoms with Crippen molar-refractivity contribution in [2.45, 2.75) is 13.3 Å². The van der Waals surface area contributed by atoms with Gasteiger partial charge >= 0.3 is 6.03 Å². The Balaban J connectivity index is 1.51. The first-order chi connectivity index (χ1) is 11.7. The quantitative estimate of drug-likeness (QED) is 0.721. The molecular formula is C19H19N3OS. The molecule has 4 nitrogen and oxygen atoms in total. The van der Waals surface area contributed by atoms with Gasteiger partial charge in [0.25, 0.3) is 0 Å². The molecule has 0 fully saturated rings. The third-order valence-electron chi connectivity index (χ3n) is 3.61. The first-order valence-corrected chi connectivity index (χ1v) is 8.70. The smallest absolute Gasteiger partial charge is 0.321 e. The van der Waals surface area contributed by atoms with E-state index in [2.05, 4.69) is 34.7 Å². The number of hydrogen-bond acceptors (Lipinski definition) is 3. The number of carbonyl (C=O) groups is 1. The van der Waals surface area contributed by atoms with Crippen molar-refractivity contribution >= 4 is 22.5 Å². The Kier molecular flexibility index (Phi) is 5.23. The SMILES string of the molecule is Cc1ccc(-c2csc(NC(=O)NCCc3ccccc3)n2)cc1. The zero-order valence-corrected chi connectivity index (χ0v) is 14.3. The molecule has 2 amide bonds. The van der Waals surface area contributed by atoms with Gasteiger partial charge in [-0.15, -0.1) is 11.3 Å². The van der Waals surface area contributed by atoms with Crippen LogP contribution in [-0.2, 0) is 6.42 Å². The summed E-state index contributed by atoms with van der Waals surface area (Å²) in [6.45, 7) is 2.64. The Morgan fingerprint density at radius 3 is 2.58 bits per heavy atom. The summed E-state index contributed by atoms with van der Waals surface area (Å²) < 4.78 is 0. The van der Waals surface area contributed by atoms with E-state index in [1.165, 1.54) is 22.5 Å². The monoisotopic (exact) mass is 337 g/mol. The van der Waals surface area contributed by atoms with Crippen molar-refractivity contribution in [1.82, 2.24) is 10.3 Å². The van der Waals surface area contributed by atoms with E-state index >= 15 is 0 Å². The van der Waals surface area contributed by atoms with Crippen LogP contribution < -0.4 is 10.6 Å². The third kappa shape index (κ3) is 4.43. The van der Waals surface area contributed by atoms with Gasteiger partial charge in [0.15, 0.2) is 5.13 Å². The number of nitrogens with one attached hydrogen (secondary N) is 2. The van der Waals surface area contributed by atoms with Gasteiger partial charge in [-0.25, -0.2) is 9.78 Å². The number of amides is 2. The predicted molar refractivity (Wildman–Crippen MR) is 99.5 cm³/mol. The fourth-order valence-electron chi connectivity index (χ4n) is 2.29. The van der Waals surface area contributed by atoms with Crippen LogP contribution in [0.3, 0.4) is 0 Å². The Morgan fingerprint density at radius 2 is 1.83 bits per heavy atom. The van der Waals surface area contributed by atoms with Crippen LogP contribution >= 0.6 is 11.3 Å². The molecule has 5 heteroatoms. The Morgan fingerprint density at radius 1 is 1.08 bits per heavy atom. The molecular weight excluding hydrogens is 318 g/mol. The van der Waals surface area contributed by atoms with Crippen molar-refractivity contribution in [3.8, 4) is 11.3 Å². The molecule has 0 atom stereocenters. The summed E-state index contributed by atoms with van der Waals surface area (Å²) in [5.74, 6) is 0. The molecule has 3 rings (SSSR count). The van der Waals surface area contributed by atoms with Gasteiger partial charge in [-0.1, -0.05) is 60.2 Å². The Labute approximate surface area is 145 Å². The molecule has 24 heavy (non-hydrogen) atoms. The molecule has 3 aromatic rings. The molecule has 0 unspecified atom stereocenters. The van der Waals surface area contributed by atoms with E-state index in [0.29, 0.717) is 11.7 Å². The maximum absolute atomic E-state index is 11.9. The highest BCUT2D eigenvalue weighted by atomic mass is 32.1. The second kappa shape index (κ2) is 7.75. The van der Waals surface area contributed by atoms with Gasteiger partial charge in [0, 0.05) is 17.5 Å². The predicted octanol–water partition coefficient (Wildman–Crippen LogP) is 4.48. The summed E-state index contributed by atoms with van der Waals surface area (Å²) in [4.78, 5) is 16.4. The second-order valence-corrected chi connectivity index (χ2v) is 6.38. The zero-order chi connectivity index (χ0) is 16.8. The molecule has 1 aromatic heterocycles. The van der Waals surface area contributed by atoms with Crippen LogP contribution in [0.25, 0.3) is 11.3 Å². The summed E-state index contributed by atoms with van der Waals surface area (Å²) in [6.07, 6.45) is 0.806. The number of hydrogen-bond donors (Lipinski definition) is 2. The number of aromatic nitrogens is 1. The van der Waals surface area contributed by atoms with Crippen molar-refractivity contribution in [2.24, 2.45) is 0 Å². The molecule has 2 aromatic carbocycles. The largest absolute Gasteiger partial charge is 0.337 e. The lowest BCUT2D eigenvalue weighted by Gasteiger charge is -2.05. The average molecular weight is 337 g/mol. The van der Waals surface area contributed by atoms with E-state index in [1.54, 1.807) is 0 Å². The van der Waals surface area contributed by atoms with Crippen LogP contribution in [0.1, 0.15) is 11.1 Å². The van der Waals surface area contributed by atoms with Crippen LogP contribution in [0.5, 0.6) is 0 Å². The topological polar surface area (TPSA) is 54.0 Å². The molecule has 0 bridgehead atoms. The van der Waals surface area contributed by atoms with Crippen LogP contribution in [-0.4, -0.2) is 17.6 Å². The van der Waals surface area contributed by atoms with Gasteiger partial charge < -0.3 is 5.32 Å². The van der Waals surface area contributed by atoms with Crippen LogP contribution in [0.4, 0.5) is 9.93 Å². The zero-order valence-electron chi connectivity index (χ0n) is 13.5. The van der Waals surface area contributed by atoms with E-state index in [-0.39, 0.29) is 6.03 Å². The van der Waals surface area contributed by atoms with Gasteiger partial charge in [-0.3, -0.25) is 5.32 Å². The molecule has 1 heterocycles. The van der Waals surface area contributed by atoms with Crippen LogP contribution in [0, 0.1) is 6.92 Å². The van der Waals surface area contributed by atoms with Crippen LogP contribution in [0.15, 0.2) is 60.0 Å². The Bertz CT molecular complexity index is 797. The number of aryl methyl sites for hydroxylation is 1. The van der Waals surface area contributed by atoms with E-state index in [0.717, 1.165) is 17.7 Å². The van der Waals surface area contributed by atoms with Crippen molar-refractivity contribution in [3.63, 3.8) is 0 Å². The van der Waals surface area contributed by atoms with Gasteiger partial charge in [-0.2, -0.15) is 0 Å². The lowest BCUT2D eigenvalue weighted by molar-refractivity contribution is 0.252. The fraction of sp³-hybridized carbons (Fsp3) is 0.158. The second-order valence-electron chi connectivity index (χ2n) is 5.52. The van der Waals surface area contributed by atoms with E-state index in [9.17, 15) is 4.79 Å². The molecule has 0 spiro atoms. The Hall–Kier alpha value is -2.66. The minimum atomic E-state index is -0.226. The highest BCUT2D eigenvalue weighted by molar-refractivity contribution is 7.14. The molecule has 0 saturated carbocycles. The standard InChI is InChI=1S/C19H19N3OS/c1-14-7-9-16(10-8-14)17-13-24-19(21-17)22-18(23)20-12-11-15-5-3-2-4-6-15/h2-10,13H,11-12H2,1H3,(H2,20,21,22,23). The van der Waals surface area contributed by atoms with Gasteiger partial charge in [0.05, 0.1) is 5.69 Å². The molecule has 122 valence electrons. The van der Waals surface area contributed by atoms with Crippen molar-refractivity contribution in [2.75, 3.05) is 11.9 Å². The van der Waals surface area contributed by atoms with Crippen LogP contribution in [0.2, 0.25) is 0 Å². The number of anilines is 1. The first kappa shape index (κ1) is 16.2. The number of nitrogens with zero attached hydrogens (tertiary/aromatic N) is 1. The van der Waals surface area contributed by atoms with Crippen molar-refractivity contribution in [1.29, 1.82) is 0 Å². The lowest BCUT2D eigenvalue weighted by Crippen LogP contribution is -2.30. The third-order valence-corrected chi connectivity index (χ3v) is 4.37. The lowest BCUT2D eigenvalue weighted by atomic mass is 10.1. The molecule has 0 aliphatic carbocycles. The first-order valence-electron chi connectivity index (χ1n) is 7.82. The summed E-state index contributed by atoms with van der Waals surface area (Å²) in [5, 5.41) is 8.19. The van der Waals surface area contributed by atoms with Gasteiger partial charge in [0.2, 0.25) is 0 Å². The maximum Gasteiger partial charge on any atom is 0.321 e. The molecule has 0 aliphatic heterocycles. The van der Waals surface area contributed by atoms with Gasteiger partial charge in [-0.05, 0) is 18.9 Å². The van der Waals surface area contributed by atoms with E-state index in [1.807, 2.05) is 47.8 Å². The normalized spacial score (nSPS) is 10.4. The summed E-state index contributed by atoms with van der Waals surface area (Å²) in [6, 6.07) is 18.0. The molecule has 2 N–H and O–H groups in total. The van der Waals surface area contributed by atoms with Crippen molar-refractivity contribution < 1.29 is 4.79 Å². The number of carbonyl (C=O) groups excluding carboxylic acids is 1. The average Bonchev–Trinajstić information content (AvgIpc) is 3.05. The van der Waals surface area contributed by atoms with E-state index in [4.69, 9.17) is 0 Å². The van der Waals surface area contributed by atoms with Crippen molar-refractivity contribution in [3.05, 3.63) is 71.1 Å². The molecule has 0 saturated heterocycles. The molecule has 0 aliphatic rings. The van der Waals surface area contributed by atoms with E-state index < -0.39 is 0 Å². The van der Waals surface area contributed by atoms with Gasteiger partial charge in [0.1, 0.15) is 0 Å². The summed E-state index contributed by atoms with van der Waals surface area (Å²) in [5.41, 5.74) is 4.34. The number of urea groups is 1. The number of rotatable bonds is 5. The number of benzene rings is 2. The highest BCUT2D eigenvalue weighted by Crippen LogP contribution is 2.24. The highest BCUT2D eigenvalue weighted by Gasteiger charge is 2.07. The minimum Gasteiger partial charge on any atom is -0.337 e. The number of thiazole rings is 1.